The van der Waals surface area contributed by atoms with E-state index >= 15 is 0 Å². The van der Waals surface area contributed by atoms with Crippen molar-refractivity contribution in [3.8, 4) is 17.0 Å². The summed E-state index contributed by atoms with van der Waals surface area (Å²) in [6.45, 7) is 11.5. The maximum atomic E-state index is 11.4. The summed E-state index contributed by atoms with van der Waals surface area (Å²) in [5, 5.41) is 0. The molecule has 2 aromatic carbocycles. The lowest BCUT2D eigenvalue weighted by atomic mass is 10.0. The quantitative estimate of drug-likeness (QED) is 0.305. The maximum Gasteiger partial charge on any atom is 0.308 e. The van der Waals surface area contributed by atoms with Crippen molar-refractivity contribution in [2.75, 3.05) is 11.4 Å². The molecular formula is C27H33N3O2. The summed E-state index contributed by atoms with van der Waals surface area (Å²) in [4.78, 5) is 23.0. The van der Waals surface area contributed by atoms with Gasteiger partial charge in [-0.25, -0.2) is 9.97 Å². The lowest BCUT2D eigenvalue weighted by Gasteiger charge is -2.26. The van der Waals surface area contributed by atoms with Crippen molar-refractivity contribution in [1.29, 1.82) is 0 Å². The Morgan fingerprint density at radius 2 is 1.78 bits per heavy atom. The van der Waals surface area contributed by atoms with Crippen LogP contribution < -0.4 is 9.64 Å². The summed E-state index contributed by atoms with van der Waals surface area (Å²) in [7, 11) is 0. The Labute approximate surface area is 191 Å². The molecule has 0 aliphatic heterocycles. The van der Waals surface area contributed by atoms with Crippen molar-refractivity contribution in [1.82, 2.24) is 9.97 Å². The zero-order valence-corrected chi connectivity index (χ0v) is 19.8. The van der Waals surface area contributed by atoms with Gasteiger partial charge in [0, 0.05) is 31.1 Å². The number of rotatable bonds is 9. The molecule has 0 spiro atoms. The van der Waals surface area contributed by atoms with E-state index in [4.69, 9.17) is 4.74 Å². The minimum Gasteiger partial charge on any atom is -0.426 e. The lowest BCUT2D eigenvalue weighted by Crippen LogP contribution is -2.26. The van der Waals surface area contributed by atoms with Crippen LogP contribution in [0.15, 0.2) is 48.8 Å². The monoisotopic (exact) mass is 431 g/mol. The fourth-order valence-corrected chi connectivity index (χ4v) is 3.85. The molecule has 0 bridgehead atoms. The summed E-state index contributed by atoms with van der Waals surface area (Å²) in [5.74, 6) is 1.31. The number of hydrogen-bond acceptors (Lipinski definition) is 5. The number of ether oxygens (including phenoxy) is 1. The zero-order valence-electron chi connectivity index (χ0n) is 19.8. The van der Waals surface area contributed by atoms with E-state index in [1.165, 1.54) is 18.1 Å². The summed E-state index contributed by atoms with van der Waals surface area (Å²) in [5.41, 5.74) is 6.59. The molecule has 0 aliphatic carbocycles. The van der Waals surface area contributed by atoms with E-state index in [1.54, 1.807) is 6.33 Å². The fraction of sp³-hybridized carbons (Fsp3) is 0.370. The predicted octanol–water partition coefficient (Wildman–Crippen LogP) is 6.05. The van der Waals surface area contributed by atoms with Crippen molar-refractivity contribution in [2.24, 2.45) is 0 Å². The fourth-order valence-electron chi connectivity index (χ4n) is 3.85. The van der Waals surface area contributed by atoms with Crippen LogP contribution in [0.1, 0.15) is 55.9 Å². The molecule has 0 amide bonds. The predicted molar refractivity (Wildman–Crippen MR) is 130 cm³/mol. The number of benzene rings is 2. The van der Waals surface area contributed by atoms with E-state index in [9.17, 15) is 4.79 Å². The molecule has 0 saturated heterocycles. The zero-order chi connectivity index (χ0) is 23.1. The van der Waals surface area contributed by atoms with E-state index in [-0.39, 0.29) is 5.97 Å². The van der Waals surface area contributed by atoms with Crippen molar-refractivity contribution in [3.05, 3.63) is 71.0 Å². The molecule has 0 N–H and O–H groups in total. The number of unbranched alkanes of at least 4 members (excludes halogenated alkanes) is 1. The number of aryl methyl sites for hydroxylation is 2. The van der Waals surface area contributed by atoms with Gasteiger partial charge in [-0.1, -0.05) is 62.2 Å². The van der Waals surface area contributed by atoms with Crippen LogP contribution in [0.25, 0.3) is 11.3 Å². The molecule has 1 heterocycles. The Kier molecular flexibility index (Phi) is 7.98. The van der Waals surface area contributed by atoms with Crippen LogP contribution in [0.2, 0.25) is 0 Å². The highest BCUT2D eigenvalue weighted by Gasteiger charge is 2.17. The number of anilines is 1. The summed E-state index contributed by atoms with van der Waals surface area (Å²) < 4.78 is 5.36. The van der Waals surface area contributed by atoms with E-state index in [0.717, 1.165) is 60.6 Å². The van der Waals surface area contributed by atoms with Gasteiger partial charge in [0.1, 0.15) is 17.9 Å². The number of nitrogens with zero attached hydrogens (tertiary/aromatic N) is 3. The van der Waals surface area contributed by atoms with Gasteiger partial charge in [-0.2, -0.15) is 0 Å². The van der Waals surface area contributed by atoms with E-state index in [2.05, 4.69) is 72.9 Å². The van der Waals surface area contributed by atoms with Crippen molar-refractivity contribution in [2.45, 2.75) is 60.4 Å². The molecule has 168 valence electrons. The normalized spacial score (nSPS) is 10.8. The second kappa shape index (κ2) is 10.9. The molecule has 5 nitrogen and oxygen atoms in total. The first-order valence-corrected chi connectivity index (χ1v) is 11.4. The average molecular weight is 432 g/mol. The molecule has 5 heteroatoms. The first-order chi connectivity index (χ1) is 15.4. The second-order valence-electron chi connectivity index (χ2n) is 8.20. The third kappa shape index (κ3) is 5.72. The lowest BCUT2D eigenvalue weighted by molar-refractivity contribution is -0.131. The molecule has 3 aromatic rings. The van der Waals surface area contributed by atoms with E-state index in [0.29, 0.717) is 5.75 Å². The van der Waals surface area contributed by atoms with Crippen LogP contribution in [0, 0.1) is 13.8 Å². The van der Waals surface area contributed by atoms with Crippen molar-refractivity contribution < 1.29 is 9.53 Å². The Hall–Kier alpha value is -3.21. The first-order valence-electron chi connectivity index (χ1n) is 11.4. The number of aromatic nitrogens is 2. The van der Waals surface area contributed by atoms with Gasteiger partial charge in [0.05, 0.1) is 5.69 Å². The smallest absolute Gasteiger partial charge is 0.308 e. The highest BCUT2D eigenvalue weighted by Crippen LogP contribution is 2.29. The molecule has 0 unspecified atom stereocenters. The molecule has 0 aliphatic rings. The number of hydrogen-bond donors (Lipinski definition) is 0. The van der Waals surface area contributed by atoms with Gasteiger partial charge >= 0.3 is 5.97 Å². The SMILES string of the molecule is CCCCN(Cc1ccc(OC(C)=O)c(CC)c1)c1ncnc(-c2ccc(C)cc2)c1C. The third-order valence-corrected chi connectivity index (χ3v) is 5.60. The second-order valence-corrected chi connectivity index (χ2v) is 8.20. The first kappa shape index (κ1) is 23.5. The van der Waals surface area contributed by atoms with Gasteiger partial charge in [-0.15, -0.1) is 0 Å². The molecule has 3 rings (SSSR count). The maximum absolute atomic E-state index is 11.4. The van der Waals surface area contributed by atoms with Crippen LogP contribution >= 0.6 is 0 Å². The Morgan fingerprint density at radius 3 is 2.44 bits per heavy atom. The standard InChI is InChI=1S/C27H33N3O2/c1-6-8-15-30(17-22-11-14-25(32-21(5)31)23(7-2)16-22)27-20(4)26(28-18-29-27)24-12-9-19(3)10-13-24/h9-14,16,18H,6-8,15,17H2,1-5H3. The Morgan fingerprint density at radius 1 is 1.03 bits per heavy atom. The van der Waals surface area contributed by atoms with Gasteiger partial charge in [-0.05, 0) is 43.9 Å². The summed E-state index contributed by atoms with van der Waals surface area (Å²) in [6, 6.07) is 14.5. The average Bonchev–Trinajstić information content (AvgIpc) is 2.78. The number of esters is 1. The van der Waals surface area contributed by atoms with Gasteiger partial charge in [0.25, 0.3) is 0 Å². The molecular weight excluding hydrogens is 398 g/mol. The minimum atomic E-state index is -0.294. The number of carbonyl (C=O) groups is 1. The number of carbonyl (C=O) groups excluding carboxylic acids is 1. The summed E-state index contributed by atoms with van der Waals surface area (Å²) in [6.07, 6.45) is 4.65. The highest BCUT2D eigenvalue weighted by atomic mass is 16.5. The largest absolute Gasteiger partial charge is 0.426 e. The highest BCUT2D eigenvalue weighted by molar-refractivity contribution is 5.70. The van der Waals surface area contributed by atoms with Crippen molar-refractivity contribution >= 4 is 11.8 Å². The van der Waals surface area contributed by atoms with Crippen molar-refractivity contribution in [3.63, 3.8) is 0 Å². The topological polar surface area (TPSA) is 55.3 Å². The molecule has 0 atom stereocenters. The Balaban J connectivity index is 1.94. The van der Waals surface area contributed by atoms with Crippen LogP contribution in [-0.4, -0.2) is 22.5 Å². The van der Waals surface area contributed by atoms with Crippen LogP contribution in [0.3, 0.4) is 0 Å². The molecule has 0 fully saturated rings. The van der Waals surface area contributed by atoms with Crippen LogP contribution in [-0.2, 0) is 17.8 Å². The van der Waals surface area contributed by atoms with Crippen LogP contribution in [0.4, 0.5) is 5.82 Å². The molecule has 0 saturated carbocycles. The minimum absolute atomic E-state index is 0.294. The van der Waals surface area contributed by atoms with E-state index < -0.39 is 0 Å². The molecule has 1 aromatic heterocycles. The van der Waals surface area contributed by atoms with Crippen LogP contribution in [0.5, 0.6) is 5.75 Å². The molecule has 0 radical (unpaired) electrons. The van der Waals surface area contributed by atoms with Gasteiger partial charge in [0.2, 0.25) is 0 Å². The van der Waals surface area contributed by atoms with Gasteiger partial charge in [0.15, 0.2) is 0 Å². The Bertz CT molecular complexity index is 1060. The van der Waals surface area contributed by atoms with Gasteiger partial charge < -0.3 is 9.64 Å². The third-order valence-electron chi connectivity index (χ3n) is 5.60. The van der Waals surface area contributed by atoms with E-state index in [1.807, 2.05) is 12.1 Å². The summed E-state index contributed by atoms with van der Waals surface area (Å²) >= 11 is 0. The van der Waals surface area contributed by atoms with Gasteiger partial charge in [-0.3, -0.25) is 4.79 Å². The molecule has 32 heavy (non-hydrogen) atoms.